The Morgan fingerprint density at radius 2 is 1.82 bits per heavy atom. The van der Waals surface area contributed by atoms with Crippen molar-refractivity contribution in [3.63, 3.8) is 0 Å². The predicted octanol–water partition coefficient (Wildman–Crippen LogP) is 3.39. The van der Waals surface area contributed by atoms with Crippen molar-refractivity contribution in [2.45, 2.75) is 19.9 Å². The van der Waals surface area contributed by atoms with Crippen molar-refractivity contribution >= 4 is 0 Å². The molecule has 0 aromatic heterocycles. The van der Waals surface area contributed by atoms with Crippen molar-refractivity contribution in [2.24, 2.45) is 0 Å². The van der Waals surface area contributed by atoms with E-state index in [-0.39, 0.29) is 0 Å². The molecule has 17 heavy (non-hydrogen) atoms. The van der Waals surface area contributed by atoms with Gasteiger partial charge < -0.3 is 5.21 Å². The molecule has 0 fully saturated rings. The largest absolute Gasteiger partial charge is 0.316 e. The van der Waals surface area contributed by atoms with Crippen molar-refractivity contribution in [2.75, 3.05) is 0 Å². The molecule has 2 heteroatoms. The topological polar surface area (TPSA) is 32.3 Å². The Balaban J connectivity index is 2.46. The van der Waals surface area contributed by atoms with Gasteiger partial charge >= 0.3 is 0 Å². The Bertz CT molecular complexity index is 480. The van der Waals surface area contributed by atoms with Crippen LogP contribution in [0, 0.1) is 0 Å². The first-order valence-corrected chi connectivity index (χ1v) is 5.89. The molecule has 2 rings (SSSR count). The Hall–Kier alpha value is -1.64. The maximum absolute atomic E-state index is 8.76. The third kappa shape index (κ3) is 2.73. The first-order chi connectivity index (χ1) is 8.35. The highest BCUT2D eigenvalue weighted by atomic mass is 16.5. The Morgan fingerprint density at radius 1 is 1.06 bits per heavy atom. The van der Waals surface area contributed by atoms with Gasteiger partial charge in [0.05, 0.1) is 0 Å². The smallest absolute Gasteiger partial charge is 0.0458 e. The molecule has 0 radical (unpaired) electrons. The third-order valence-electron chi connectivity index (χ3n) is 2.92. The molecule has 0 atom stereocenters. The van der Waals surface area contributed by atoms with Crippen LogP contribution in [0.3, 0.4) is 0 Å². The van der Waals surface area contributed by atoms with Crippen LogP contribution in [0.15, 0.2) is 48.5 Å². The van der Waals surface area contributed by atoms with E-state index in [0.29, 0.717) is 6.54 Å². The third-order valence-corrected chi connectivity index (χ3v) is 2.92. The zero-order chi connectivity index (χ0) is 12.1. The first kappa shape index (κ1) is 11.8. The molecule has 2 N–H and O–H groups in total. The number of nitrogens with one attached hydrogen (secondary N) is 1. The highest BCUT2D eigenvalue weighted by Gasteiger charge is 2.04. The van der Waals surface area contributed by atoms with Crippen LogP contribution in [-0.4, -0.2) is 5.21 Å². The van der Waals surface area contributed by atoms with Gasteiger partial charge in [-0.1, -0.05) is 49.4 Å². The standard InChI is InChI=1S/C15H17NO/c1-2-13-9-8-12(11-16-17)10-15(13)14-6-4-3-5-7-14/h3-10,16-17H,2,11H2,1H3. The molecule has 0 aliphatic rings. The average molecular weight is 227 g/mol. The molecule has 0 bridgehead atoms. The summed E-state index contributed by atoms with van der Waals surface area (Å²) in [6.07, 6.45) is 1.01. The summed E-state index contributed by atoms with van der Waals surface area (Å²) >= 11 is 0. The summed E-state index contributed by atoms with van der Waals surface area (Å²) in [7, 11) is 0. The van der Waals surface area contributed by atoms with Gasteiger partial charge in [-0.05, 0) is 34.7 Å². The Morgan fingerprint density at radius 3 is 2.47 bits per heavy atom. The number of hydrogen-bond donors (Lipinski definition) is 2. The summed E-state index contributed by atoms with van der Waals surface area (Å²) in [5.41, 5.74) is 7.09. The van der Waals surface area contributed by atoms with E-state index in [9.17, 15) is 0 Å². The van der Waals surface area contributed by atoms with E-state index in [2.05, 4.69) is 42.7 Å². The first-order valence-electron chi connectivity index (χ1n) is 5.89. The SMILES string of the molecule is CCc1ccc(CNO)cc1-c1ccccc1. The zero-order valence-electron chi connectivity index (χ0n) is 9.98. The minimum absolute atomic E-state index is 0.476. The van der Waals surface area contributed by atoms with Gasteiger partial charge in [0.2, 0.25) is 0 Å². The minimum atomic E-state index is 0.476. The van der Waals surface area contributed by atoms with Crippen LogP contribution in [0.5, 0.6) is 0 Å². The number of benzene rings is 2. The van der Waals surface area contributed by atoms with Gasteiger partial charge in [0.15, 0.2) is 0 Å². The Labute approximate surface area is 102 Å². The molecule has 2 aromatic rings. The zero-order valence-corrected chi connectivity index (χ0v) is 9.98. The lowest BCUT2D eigenvalue weighted by atomic mass is 9.96. The van der Waals surface area contributed by atoms with E-state index in [1.54, 1.807) is 0 Å². The van der Waals surface area contributed by atoms with Crippen LogP contribution in [0.2, 0.25) is 0 Å². The summed E-state index contributed by atoms with van der Waals surface area (Å²) in [4.78, 5) is 0. The van der Waals surface area contributed by atoms with Crippen molar-refractivity contribution in [1.82, 2.24) is 5.48 Å². The summed E-state index contributed by atoms with van der Waals surface area (Å²) < 4.78 is 0. The van der Waals surface area contributed by atoms with Crippen LogP contribution in [-0.2, 0) is 13.0 Å². The summed E-state index contributed by atoms with van der Waals surface area (Å²) in [6.45, 7) is 2.63. The maximum atomic E-state index is 8.76. The van der Waals surface area contributed by atoms with Crippen molar-refractivity contribution in [1.29, 1.82) is 0 Å². The molecule has 0 unspecified atom stereocenters. The molecule has 88 valence electrons. The molecule has 0 saturated carbocycles. The summed E-state index contributed by atoms with van der Waals surface area (Å²) in [5, 5.41) is 8.76. The molecule has 0 aliphatic carbocycles. The monoisotopic (exact) mass is 227 g/mol. The van der Waals surface area contributed by atoms with Gasteiger partial charge in [0, 0.05) is 6.54 Å². The second kappa shape index (κ2) is 5.62. The molecule has 0 heterocycles. The van der Waals surface area contributed by atoms with Gasteiger partial charge in [-0.2, -0.15) is 0 Å². The van der Waals surface area contributed by atoms with Crippen molar-refractivity contribution < 1.29 is 5.21 Å². The van der Waals surface area contributed by atoms with E-state index in [4.69, 9.17) is 5.21 Å². The van der Waals surface area contributed by atoms with Crippen molar-refractivity contribution in [3.05, 3.63) is 59.7 Å². The molecule has 0 aliphatic heterocycles. The van der Waals surface area contributed by atoms with E-state index < -0.39 is 0 Å². The number of aryl methyl sites for hydroxylation is 1. The molecular weight excluding hydrogens is 210 g/mol. The number of rotatable bonds is 4. The van der Waals surface area contributed by atoms with Gasteiger partial charge in [-0.25, -0.2) is 5.48 Å². The van der Waals surface area contributed by atoms with Crippen molar-refractivity contribution in [3.8, 4) is 11.1 Å². The van der Waals surface area contributed by atoms with Gasteiger partial charge in [0.1, 0.15) is 0 Å². The van der Waals surface area contributed by atoms with Gasteiger partial charge in [-0.15, -0.1) is 0 Å². The van der Waals surface area contributed by atoms with E-state index in [1.165, 1.54) is 16.7 Å². The van der Waals surface area contributed by atoms with Crippen LogP contribution >= 0.6 is 0 Å². The normalized spacial score (nSPS) is 10.5. The fraction of sp³-hybridized carbons (Fsp3) is 0.200. The predicted molar refractivity (Wildman–Crippen MR) is 69.9 cm³/mol. The quantitative estimate of drug-likeness (QED) is 0.785. The lowest BCUT2D eigenvalue weighted by molar-refractivity contribution is 0.161. The molecule has 0 saturated heterocycles. The fourth-order valence-corrected chi connectivity index (χ4v) is 2.02. The average Bonchev–Trinajstić information content (AvgIpc) is 2.40. The van der Waals surface area contributed by atoms with E-state index in [1.807, 2.05) is 18.2 Å². The molecular formula is C15H17NO. The number of hydroxylamine groups is 1. The molecule has 0 spiro atoms. The summed E-state index contributed by atoms with van der Waals surface area (Å²) in [5.74, 6) is 0. The van der Waals surface area contributed by atoms with Crippen LogP contribution in [0.4, 0.5) is 0 Å². The van der Waals surface area contributed by atoms with Crippen LogP contribution < -0.4 is 5.48 Å². The van der Waals surface area contributed by atoms with Crippen LogP contribution in [0.25, 0.3) is 11.1 Å². The van der Waals surface area contributed by atoms with E-state index >= 15 is 0 Å². The molecule has 2 aromatic carbocycles. The second-order valence-corrected chi connectivity index (χ2v) is 4.05. The highest BCUT2D eigenvalue weighted by Crippen LogP contribution is 2.25. The molecule has 0 amide bonds. The fourth-order valence-electron chi connectivity index (χ4n) is 2.02. The maximum Gasteiger partial charge on any atom is 0.0458 e. The lowest BCUT2D eigenvalue weighted by Gasteiger charge is -2.10. The molecule has 2 nitrogen and oxygen atoms in total. The van der Waals surface area contributed by atoms with Gasteiger partial charge in [0.25, 0.3) is 0 Å². The summed E-state index contributed by atoms with van der Waals surface area (Å²) in [6, 6.07) is 16.7. The van der Waals surface area contributed by atoms with Gasteiger partial charge in [-0.3, -0.25) is 0 Å². The second-order valence-electron chi connectivity index (χ2n) is 4.05. The lowest BCUT2D eigenvalue weighted by Crippen LogP contribution is -2.06. The van der Waals surface area contributed by atoms with Crippen LogP contribution in [0.1, 0.15) is 18.1 Å². The van der Waals surface area contributed by atoms with E-state index in [0.717, 1.165) is 12.0 Å². The Kier molecular flexibility index (Phi) is 3.91. The highest BCUT2D eigenvalue weighted by molar-refractivity contribution is 5.68. The number of hydrogen-bond acceptors (Lipinski definition) is 2. The minimum Gasteiger partial charge on any atom is -0.316 e.